The number of halogens is 1. The Balaban J connectivity index is 2.23. The first-order valence-electron chi connectivity index (χ1n) is 6.37. The molecule has 0 N–H and O–H groups in total. The van der Waals surface area contributed by atoms with Crippen molar-refractivity contribution in [2.45, 2.75) is 13.8 Å². The summed E-state index contributed by atoms with van der Waals surface area (Å²) in [7, 11) is 0. The van der Waals surface area contributed by atoms with E-state index in [1.54, 1.807) is 12.1 Å². The lowest BCUT2D eigenvalue weighted by Gasteiger charge is -2.01. The van der Waals surface area contributed by atoms with Crippen LogP contribution < -0.4 is 0 Å². The van der Waals surface area contributed by atoms with Crippen LogP contribution in [0.25, 0.3) is 16.9 Å². The number of fused-ring (bicyclic) bond motifs is 1. The van der Waals surface area contributed by atoms with Crippen LogP contribution in [0.3, 0.4) is 0 Å². The molecule has 3 rings (SSSR count). The summed E-state index contributed by atoms with van der Waals surface area (Å²) in [6, 6.07) is 8.53. The van der Waals surface area contributed by atoms with Crippen LogP contribution in [-0.2, 0) is 0 Å². The molecule has 0 aliphatic rings. The summed E-state index contributed by atoms with van der Waals surface area (Å²) in [6.07, 6.45) is 1.97. The number of imidazole rings is 1. The zero-order valence-corrected chi connectivity index (χ0v) is 13.1. The lowest BCUT2D eigenvalue weighted by Crippen LogP contribution is -1.90. The Bertz CT molecular complexity index is 871. The zero-order chi connectivity index (χ0) is 15.1. The summed E-state index contributed by atoms with van der Waals surface area (Å²) in [5.74, 6) is 0. The van der Waals surface area contributed by atoms with Crippen molar-refractivity contribution in [3.63, 3.8) is 0 Å². The Morgan fingerprint density at radius 2 is 2.05 bits per heavy atom. The number of pyridine rings is 1. The van der Waals surface area contributed by atoms with Gasteiger partial charge < -0.3 is 4.40 Å². The second kappa shape index (κ2) is 4.96. The van der Waals surface area contributed by atoms with Crippen molar-refractivity contribution in [1.29, 1.82) is 0 Å². The van der Waals surface area contributed by atoms with Crippen LogP contribution in [-0.4, -0.2) is 14.3 Å². The molecule has 0 atom stereocenters. The molecule has 0 aliphatic heterocycles. The third kappa shape index (κ3) is 2.31. The molecular formula is C15H12BrN3O2. The fraction of sp³-hybridized carbons (Fsp3) is 0.133. The number of benzene rings is 1. The molecule has 0 fully saturated rings. The van der Waals surface area contributed by atoms with Gasteiger partial charge in [-0.3, -0.25) is 10.1 Å². The molecule has 0 spiro atoms. The van der Waals surface area contributed by atoms with E-state index in [1.807, 2.05) is 36.6 Å². The number of hydrogen-bond acceptors (Lipinski definition) is 3. The highest BCUT2D eigenvalue weighted by Crippen LogP contribution is 2.28. The number of nitro groups is 1. The molecule has 0 bridgehead atoms. The maximum Gasteiger partial charge on any atom is 0.270 e. The number of hydrogen-bond donors (Lipinski definition) is 0. The molecule has 0 amide bonds. The average Bonchev–Trinajstić information content (AvgIpc) is 2.77. The predicted molar refractivity (Wildman–Crippen MR) is 84.5 cm³/mol. The average molecular weight is 346 g/mol. The first-order valence-corrected chi connectivity index (χ1v) is 7.16. The Morgan fingerprint density at radius 3 is 2.76 bits per heavy atom. The quantitative estimate of drug-likeness (QED) is 0.514. The third-order valence-corrected chi connectivity index (χ3v) is 4.30. The largest absolute Gasteiger partial charge is 0.303 e. The van der Waals surface area contributed by atoms with Crippen LogP contribution in [0.15, 0.2) is 41.0 Å². The van der Waals surface area contributed by atoms with E-state index in [-0.39, 0.29) is 5.69 Å². The Kier molecular flexibility index (Phi) is 3.25. The fourth-order valence-electron chi connectivity index (χ4n) is 2.32. The van der Waals surface area contributed by atoms with Crippen molar-refractivity contribution in [3.8, 4) is 11.3 Å². The van der Waals surface area contributed by atoms with Crippen molar-refractivity contribution in [1.82, 2.24) is 9.38 Å². The van der Waals surface area contributed by atoms with Gasteiger partial charge in [-0.2, -0.15) is 0 Å². The van der Waals surface area contributed by atoms with E-state index in [2.05, 4.69) is 20.9 Å². The molecule has 3 aromatic rings. The molecule has 1 aromatic carbocycles. The van der Waals surface area contributed by atoms with Gasteiger partial charge >= 0.3 is 0 Å². The summed E-state index contributed by atoms with van der Waals surface area (Å²) < 4.78 is 2.98. The molecular weight excluding hydrogens is 334 g/mol. The fourth-order valence-corrected chi connectivity index (χ4v) is 2.64. The van der Waals surface area contributed by atoms with Crippen molar-refractivity contribution in [2.75, 3.05) is 0 Å². The van der Waals surface area contributed by atoms with Gasteiger partial charge in [0.2, 0.25) is 0 Å². The second-order valence-corrected chi connectivity index (χ2v) is 5.74. The van der Waals surface area contributed by atoms with Gasteiger partial charge in [-0.15, -0.1) is 0 Å². The normalized spacial score (nSPS) is 11.0. The van der Waals surface area contributed by atoms with Crippen LogP contribution in [0.1, 0.15) is 11.3 Å². The highest BCUT2D eigenvalue weighted by Gasteiger charge is 2.14. The smallest absolute Gasteiger partial charge is 0.270 e. The topological polar surface area (TPSA) is 60.4 Å². The lowest BCUT2D eigenvalue weighted by atomic mass is 10.1. The van der Waals surface area contributed by atoms with E-state index in [0.29, 0.717) is 0 Å². The van der Waals surface area contributed by atoms with Crippen LogP contribution >= 0.6 is 15.9 Å². The van der Waals surface area contributed by atoms with Crippen molar-refractivity contribution >= 4 is 27.3 Å². The number of nitrogens with zero attached hydrogens (tertiary/aromatic N) is 3. The Labute approximate surface area is 129 Å². The highest BCUT2D eigenvalue weighted by molar-refractivity contribution is 9.10. The van der Waals surface area contributed by atoms with E-state index < -0.39 is 4.92 Å². The van der Waals surface area contributed by atoms with Gasteiger partial charge in [0.05, 0.1) is 10.6 Å². The molecule has 106 valence electrons. The summed E-state index contributed by atoms with van der Waals surface area (Å²) in [4.78, 5) is 15.1. The monoisotopic (exact) mass is 345 g/mol. The number of rotatable bonds is 2. The Morgan fingerprint density at radius 1 is 1.29 bits per heavy atom. The van der Waals surface area contributed by atoms with Gasteiger partial charge in [0.25, 0.3) is 5.69 Å². The van der Waals surface area contributed by atoms with Gasteiger partial charge in [-0.05, 0) is 41.4 Å². The second-order valence-electron chi connectivity index (χ2n) is 4.89. The third-order valence-electron chi connectivity index (χ3n) is 3.47. The minimum Gasteiger partial charge on any atom is -0.303 e. The van der Waals surface area contributed by atoms with E-state index in [0.717, 1.165) is 32.6 Å². The number of nitro benzene ring substituents is 1. The molecule has 21 heavy (non-hydrogen) atoms. The van der Waals surface area contributed by atoms with Crippen molar-refractivity contribution in [2.24, 2.45) is 0 Å². The minimum absolute atomic E-state index is 0.0707. The standard InChI is InChI=1S/C15H12BrN3O2/c1-9-6-14-17-15(10(2)18(14)8-13(9)16)11-4-3-5-12(7-11)19(20)21/h3-8H,1-2H3. The molecule has 0 aliphatic carbocycles. The van der Waals surface area contributed by atoms with Gasteiger partial charge in [-0.1, -0.05) is 12.1 Å². The van der Waals surface area contributed by atoms with Crippen molar-refractivity contribution in [3.05, 3.63) is 62.4 Å². The van der Waals surface area contributed by atoms with Crippen molar-refractivity contribution < 1.29 is 4.92 Å². The molecule has 0 radical (unpaired) electrons. The van der Waals surface area contributed by atoms with Gasteiger partial charge in [-0.25, -0.2) is 4.98 Å². The molecule has 0 saturated carbocycles. The zero-order valence-electron chi connectivity index (χ0n) is 11.5. The molecule has 5 nitrogen and oxygen atoms in total. The SMILES string of the molecule is Cc1cc2nc(-c3cccc([N+](=O)[O-])c3)c(C)n2cc1Br. The lowest BCUT2D eigenvalue weighted by molar-refractivity contribution is -0.384. The highest BCUT2D eigenvalue weighted by atomic mass is 79.9. The molecule has 2 aromatic heterocycles. The van der Waals surface area contributed by atoms with Gasteiger partial charge in [0.15, 0.2) is 0 Å². The maximum atomic E-state index is 10.9. The molecule has 0 unspecified atom stereocenters. The maximum absolute atomic E-state index is 10.9. The van der Waals surface area contributed by atoms with E-state index in [9.17, 15) is 10.1 Å². The molecule has 6 heteroatoms. The summed E-state index contributed by atoms with van der Waals surface area (Å²) in [6.45, 7) is 3.96. The number of aromatic nitrogens is 2. The number of non-ortho nitro benzene ring substituents is 1. The first kappa shape index (κ1) is 13.8. The van der Waals surface area contributed by atoms with E-state index in [1.165, 1.54) is 6.07 Å². The molecule has 2 heterocycles. The number of aryl methyl sites for hydroxylation is 2. The minimum atomic E-state index is -0.393. The Hall–Kier alpha value is -2.21. The summed E-state index contributed by atoms with van der Waals surface area (Å²) in [5, 5.41) is 10.9. The van der Waals surface area contributed by atoms with Crippen LogP contribution in [0.4, 0.5) is 5.69 Å². The van der Waals surface area contributed by atoms with E-state index >= 15 is 0 Å². The molecule has 0 saturated heterocycles. The predicted octanol–water partition coefficient (Wildman–Crippen LogP) is 4.29. The summed E-state index contributed by atoms with van der Waals surface area (Å²) in [5.41, 5.74) is 4.45. The van der Waals surface area contributed by atoms with Crippen LogP contribution in [0, 0.1) is 24.0 Å². The van der Waals surface area contributed by atoms with Gasteiger partial charge in [0.1, 0.15) is 5.65 Å². The van der Waals surface area contributed by atoms with Crippen LogP contribution in [0.5, 0.6) is 0 Å². The van der Waals surface area contributed by atoms with Gasteiger partial charge in [0, 0.05) is 34.1 Å². The summed E-state index contributed by atoms with van der Waals surface area (Å²) >= 11 is 3.51. The first-order chi connectivity index (χ1) is 9.97. The van der Waals surface area contributed by atoms with E-state index in [4.69, 9.17) is 0 Å². The van der Waals surface area contributed by atoms with Crippen LogP contribution in [0.2, 0.25) is 0 Å².